The van der Waals surface area contributed by atoms with Gasteiger partial charge in [-0.2, -0.15) is 0 Å². The number of nitrogen functional groups attached to an aromatic ring is 1. The van der Waals surface area contributed by atoms with Gasteiger partial charge in [0.2, 0.25) is 0 Å². The zero-order chi connectivity index (χ0) is 12.4. The van der Waals surface area contributed by atoms with Gasteiger partial charge in [0.1, 0.15) is 17.3 Å². The van der Waals surface area contributed by atoms with Gasteiger partial charge in [0.25, 0.3) is 0 Å². The van der Waals surface area contributed by atoms with Crippen LogP contribution < -0.4 is 5.73 Å². The summed E-state index contributed by atoms with van der Waals surface area (Å²) in [4.78, 5) is 4.47. The van der Waals surface area contributed by atoms with Crippen molar-refractivity contribution in [1.29, 1.82) is 0 Å². The Morgan fingerprint density at radius 3 is 2.94 bits per heavy atom. The Bertz CT molecular complexity index is 558. The Morgan fingerprint density at radius 2 is 2.29 bits per heavy atom. The number of rotatable bonds is 3. The number of anilines is 1. The van der Waals surface area contributed by atoms with Gasteiger partial charge in [-0.1, -0.05) is 29.8 Å². The van der Waals surface area contributed by atoms with E-state index in [0.717, 1.165) is 17.1 Å². The number of aromatic nitrogens is 2. The highest BCUT2D eigenvalue weighted by atomic mass is 35.5. The van der Waals surface area contributed by atoms with E-state index in [1.54, 1.807) is 6.08 Å². The third-order valence-corrected chi connectivity index (χ3v) is 2.84. The predicted octanol–water partition coefficient (Wildman–Crippen LogP) is 3.28. The first kappa shape index (κ1) is 11.7. The first-order valence-electron chi connectivity index (χ1n) is 5.33. The van der Waals surface area contributed by atoms with E-state index in [1.807, 2.05) is 35.8 Å². The van der Waals surface area contributed by atoms with Crippen LogP contribution in [0.25, 0.3) is 11.3 Å². The molecule has 1 aromatic heterocycles. The lowest BCUT2D eigenvalue weighted by atomic mass is 10.1. The van der Waals surface area contributed by atoms with Gasteiger partial charge in [-0.05, 0) is 19.1 Å². The summed E-state index contributed by atoms with van der Waals surface area (Å²) in [5.41, 5.74) is 7.78. The Labute approximate surface area is 106 Å². The number of nitrogens with zero attached hydrogens (tertiary/aromatic N) is 2. The SMILES string of the molecule is C=CCn1c(C)nc(-c2cccc(Cl)c2)c1N. The predicted molar refractivity (Wildman–Crippen MR) is 72.0 cm³/mol. The average Bonchev–Trinajstić information content (AvgIpc) is 2.57. The highest BCUT2D eigenvalue weighted by Gasteiger charge is 2.12. The van der Waals surface area contributed by atoms with Crippen molar-refractivity contribution < 1.29 is 0 Å². The third kappa shape index (κ3) is 2.19. The van der Waals surface area contributed by atoms with E-state index in [1.165, 1.54) is 0 Å². The van der Waals surface area contributed by atoms with E-state index >= 15 is 0 Å². The first-order chi connectivity index (χ1) is 8.13. The maximum Gasteiger partial charge on any atom is 0.132 e. The van der Waals surface area contributed by atoms with Crippen LogP contribution in [-0.2, 0) is 6.54 Å². The number of hydrogen-bond donors (Lipinski definition) is 1. The molecule has 1 heterocycles. The molecule has 0 spiro atoms. The molecule has 0 bridgehead atoms. The fourth-order valence-corrected chi connectivity index (χ4v) is 1.98. The molecule has 1 aromatic carbocycles. The molecule has 0 aliphatic carbocycles. The van der Waals surface area contributed by atoms with Crippen LogP contribution in [0.2, 0.25) is 5.02 Å². The molecule has 0 unspecified atom stereocenters. The lowest BCUT2D eigenvalue weighted by molar-refractivity contribution is 0.792. The van der Waals surface area contributed by atoms with Crippen LogP contribution in [0.15, 0.2) is 36.9 Å². The number of benzene rings is 1. The molecule has 2 N–H and O–H groups in total. The zero-order valence-corrected chi connectivity index (χ0v) is 10.4. The summed E-state index contributed by atoms with van der Waals surface area (Å²) < 4.78 is 1.92. The Hall–Kier alpha value is -1.74. The first-order valence-corrected chi connectivity index (χ1v) is 5.70. The second-order valence-corrected chi connectivity index (χ2v) is 4.24. The fourth-order valence-electron chi connectivity index (χ4n) is 1.79. The lowest BCUT2D eigenvalue weighted by Gasteiger charge is -2.04. The highest BCUT2D eigenvalue weighted by molar-refractivity contribution is 6.30. The number of halogens is 1. The number of hydrogen-bond acceptors (Lipinski definition) is 2. The van der Waals surface area contributed by atoms with Crippen molar-refractivity contribution in [3.63, 3.8) is 0 Å². The normalized spacial score (nSPS) is 10.5. The van der Waals surface area contributed by atoms with Gasteiger partial charge in [-0.3, -0.25) is 0 Å². The molecule has 3 nitrogen and oxygen atoms in total. The molecular weight excluding hydrogens is 234 g/mol. The summed E-state index contributed by atoms with van der Waals surface area (Å²) in [6.45, 7) is 6.29. The monoisotopic (exact) mass is 247 g/mol. The third-order valence-electron chi connectivity index (χ3n) is 2.61. The Morgan fingerprint density at radius 1 is 1.53 bits per heavy atom. The molecule has 0 radical (unpaired) electrons. The molecular formula is C13H14ClN3. The van der Waals surface area contributed by atoms with E-state index in [-0.39, 0.29) is 0 Å². The molecule has 88 valence electrons. The van der Waals surface area contributed by atoms with Crippen molar-refractivity contribution in [1.82, 2.24) is 9.55 Å². The molecule has 2 aromatic rings. The topological polar surface area (TPSA) is 43.8 Å². The van der Waals surface area contributed by atoms with Gasteiger partial charge in [-0.25, -0.2) is 4.98 Å². The van der Waals surface area contributed by atoms with Crippen LogP contribution in [0.4, 0.5) is 5.82 Å². The van der Waals surface area contributed by atoms with Crippen molar-refractivity contribution in [2.75, 3.05) is 5.73 Å². The Balaban J connectivity index is 2.53. The summed E-state index contributed by atoms with van der Waals surface area (Å²) in [6, 6.07) is 7.52. The van der Waals surface area contributed by atoms with Crippen LogP contribution in [-0.4, -0.2) is 9.55 Å². The molecule has 17 heavy (non-hydrogen) atoms. The number of aryl methyl sites for hydroxylation is 1. The summed E-state index contributed by atoms with van der Waals surface area (Å²) in [5, 5.41) is 0.679. The van der Waals surface area contributed by atoms with Crippen molar-refractivity contribution in [3.05, 3.63) is 47.8 Å². The van der Waals surface area contributed by atoms with Crippen LogP contribution in [0.1, 0.15) is 5.82 Å². The van der Waals surface area contributed by atoms with Gasteiger partial charge in [0.15, 0.2) is 0 Å². The highest BCUT2D eigenvalue weighted by Crippen LogP contribution is 2.27. The van der Waals surface area contributed by atoms with Crippen molar-refractivity contribution in [2.45, 2.75) is 13.5 Å². The van der Waals surface area contributed by atoms with Gasteiger partial charge in [-0.15, -0.1) is 6.58 Å². The molecule has 0 fully saturated rings. The van der Waals surface area contributed by atoms with Crippen molar-refractivity contribution >= 4 is 17.4 Å². The maximum absolute atomic E-state index is 6.08. The second-order valence-electron chi connectivity index (χ2n) is 3.80. The minimum absolute atomic E-state index is 0.643. The summed E-state index contributed by atoms with van der Waals surface area (Å²) in [5.74, 6) is 1.52. The molecule has 0 saturated heterocycles. The van der Waals surface area contributed by atoms with E-state index in [9.17, 15) is 0 Å². The fraction of sp³-hybridized carbons (Fsp3) is 0.154. The quantitative estimate of drug-likeness (QED) is 0.846. The minimum atomic E-state index is 0.643. The molecule has 2 rings (SSSR count). The summed E-state index contributed by atoms with van der Waals surface area (Å²) >= 11 is 5.96. The van der Waals surface area contributed by atoms with Crippen LogP contribution >= 0.6 is 11.6 Å². The zero-order valence-electron chi connectivity index (χ0n) is 9.65. The summed E-state index contributed by atoms with van der Waals surface area (Å²) in [6.07, 6.45) is 1.80. The van der Waals surface area contributed by atoms with Gasteiger partial charge < -0.3 is 10.3 Å². The summed E-state index contributed by atoms with van der Waals surface area (Å²) in [7, 11) is 0. The van der Waals surface area contributed by atoms with E-state index in [2.05, 4.69) is 11.6 Å². The standard InChI is InChI=1S/C13H14ClN3/c1-3-7-17-9(2)16-12(13(17)15)10-5-4-6-11(14)8-10/h3-6,8H,1,7,15H2,2H3. The second kappa shape index (κ2) is 4.63. The van der Waals surface area contributed by atoms with Crippen LogP contribution in [0, 0.1) is 6.92 Å². The molecule has 0 amide bonds. The number of nitrogens with two attached hydrogens (primary N) is 1. The number of imidazole rings is 1. The van der Waals surface area contributed by atoms with E-state index in [4.69, 9.17) is 17.3 Å². The van der Waals surface area contributed by atoms with Gasteiger partial charge in [0, 0.05) is 17.1 Å². The molecule has 0 aliphatic rings. The van der Waals surface area contributed by atoms with Gasteiger partial charge in [0.05, 0.1) is 0 Å². The molecule has 0 aliphatic heterocycles. The van der Waals surface area contributed by atoms with Crippen molar-refractivity contribution in [2.24, 2.45) is 0 Å². The molecule has 0 atom stereocenters. The largest absolute Gasteiger partial charge is 0.383 e. The molecule has 4 heteroatoms. The molecule has 0 saturated carbocycles. The van der Waals surface area contributed by atoms with Crippen LogP contribution in [0.5, 0.6) is 0 Å². The Kier molecular flexibility index (Phi) is 3.20. The number of allylic oxidation sites excluding steroid dienone is 1. The average molecular weight is 248 g/mol. The van der Waals surface area contributed by atoms with Crippen LogP contribution in [0.3, 0.4) is 0 Å². The maximum atomic E-state index is 6.08. The van der Waals surface area contributed by atoms with E-state index < -0.39 is 0 Å². The van der Waals surface area contributed by atoms with E-state index in [0.29, 0.717) is 17.4 Å². The minimum Gasteiger partial charge on any atom is -0.383 e. The lowest BCUT2D eigenvalue weighted by Crippen LogP contribution is -2.03. The van der Waals surface area contributed by atoms with Crippen molar-refractivity contribution in [3.8, 4) is 11.3 Å². The smallest absolute Gasteiger partial charge is 0.132 e. The van der Waals surface area contributed by atoms with Gasteiger partial charge >= 0.3 is 0 Å².